The van der Waals surface area contributed by atoms with Gasteiger partial charge in [-0.15, -0.1) is 0 Å². The van der Waals surface area contributed by atoms with Crippen molar-refractivity contribution in [2.24, 2.45) is 11.8 Å². The molecule has 0 radical (unpaired) electrons. The van der Waals surface area contributed by atoms with Gasteiger partial charge in [0.25, 0.3) is 0 Å². The normalized spacial score (nSPS) is 26.6. The first-order valence-corrected chi connectivity index (χ1v) is 11.8. The zero-order valence-electron chi connectivity index (χ0n) is 20.4. The van der Waals surface area contributed by atoms with E-state index in [2.05, 4.69) is 32.2 Å². The lowest BCUT2D eigenvalue weighted by Crippen LogP contribution is -2.47. The van der Waals surface area contributed by atoms with Gasteiger partial charge in [0.2, 0.25) is 6.41 Å². The number of ether oxygens (including phenoxy) is 3. The van der Waals surface area contributed by atoms with Crippen molar-refractivity contribution < 1.29 is 29.5 Å². The van der Waals surface area contributed by atoms with E-state index in [9.17, 15) is 15.3 Å². The summed E-state index contributed by atoms with van der Waals surface area (Å²) >= 11 is 0. The molecule has 1 aliphatic carbocycles. The van der Waals surface area contributed by atoms with E-state index >= 15 is 0 Å². The fraction of sp³-hybridized carbons (Fsp3) is 0.760. The van der Waals surface area contributed by atoms with Gasteiger partial charge in [-0.25, -0.2) is 0 Å². The molecule has 1 fully saturated rings. The Kier molecular flexibility index (Phi) is 7.77. The predicted molar refractivity (Wildman–Crippen MR) is 123 cm³/mol. The van der Waals surface area contributed by atoms with Crippen molar-refractivity contribution >= 4 is 0 Å². The number of fused-ring (bicyclic) bond motifs is 3. The van der Waals surface area contributed by atoms with Crippen LogP contribution in [-0.2, 0) is 15.9 Å². The van der Waals surface area contributed by atoms with Crippen LogP contribution >= 0.6 is 0 Å². The molecule has 4 N–H and O–H groups in total. The molecule has 0 aromatic heterocycles. The maximum Gasteiger partial charge on any atom is 0.214 e. The topological polar surface area (TPSA) is 100 Å². The lowest BCUT2D eigenvalue weighted by atomic mass is 9.64. The summed E-state index contributed by atoms with van der Waals surface area (Å²) in [6, 6.07) is 3.92. The number of benzene rings is 1. The summed E-state index contributed by atoms with van der Waals surface area (Å²) in [5.74, 6) is 1.91. The van der Waals surface area contributed by atoms with E-state index in [1.165, 1.54) is 0 Å². The van der Waals surface area contributed by atoms with Gasteiger partial charge in [0.1, 0.15) is 17.1 Å². The molecule has 0 spiro atoms. The van der Waals surface area contributed by atoms with Crippen molar-refractivity contribution in [3.8, 4) is 11.5 Å². The van der Waals surface area contributed by atoms with Crippen LogP contribution in [0.15, 0.2) is 12.1 Å². The molecule has 182 valence electrons. The van der Waals surface area contributed by atoms with E-state index in [1.54, 1.807) is 0 Å². The molecule has 5 atom stereocenters. The first-order valence-electron chi connectivity index (χ1n) is 11.8. The zero-order chi connectivity index (χ0) is 23.7. The van der Waals surface area contributed by atoms with E-state index in [4.69, 9.17) is 14.2 Å². The van der Waals surface area contributed by atoms with Crippen molar-refractivity contribution in [1.29, 1.82) is 0 Å². The molecule has 7 nitrogen and oxygen atoms in total. The Balaban J connectivity index is 1.60. The number of hydrogen-bond acceptors (Lipinski definition) is 7. The van der Waals surface area contributed by atoms with Crippen molar-refractivity contribution in [2.45, 2.75) is 97.0 Å². The second kappa shape index (κ2) is 9.85. The molecule has 5 unspecified atom stereocenters. The van der Waals surface area contributed by atoms with Crippen LogP contribution in [0.1, 0.15) is 77.8 Å². The highest BCUT2D eigenvalue weighted by molar-refractivity contribution is 5.52. The molecular formula is C25H41NO6. The van der Waals surface area contributed by atoms with Crippen LogP contribution in [0.2, 0.25) is 0 Å². The van der Waals surface area contributed by atoms with Crippen molar-refractivity contribution in [3.63, 3.8) is 0 Å². The van der Waals surface area contributed by atoms with Gasteiger partial charge in [0, 0.05) is 11.5 Å². The Hall–Kier alpha value is -1.38. The molecule has 0 bridgehead atoms. The molecule has 7 heteroatoms. The maximum atomic E-state index is 10.8. The maximum absolute atomic E-state index is 10.8. The second-order valence-corrected chi connectivity index (χ2v) is 10.8. The second-order valence-electron chi connectivity index (χ2n) is 10.8. The van der Waals surface area contributed by atoms with Crippen molar-refractivity contribution in [3.05, 3.63) is 23.3 Å². The minimum atomic E-state index is -1.17. The Morgan fingerprint density at radius 3 is 2.59 bits per heavy atom. The van der Waals surface area contributed by atoms with E-state index in [1.807, 2.05) is 26.8 Å². The summed E-state index contributed by atoms with van der Waals surface area (Å²) < 4.78 is 17.4. The summed E-state index contributed by atoms with van der Waals surface area (Å²) in [6.45, 7) is 12.4. The van der Waals surface area contributed by atoms with Crippen molar-refractivity contribution in [2.75, 3.05) is 13.2 Å². The lowest BCUT2D eigenvalue weighted by Gasteiger charge is -2.49. The summed E-state index contributed by atoms with van der Waals surface area (Å²) in [5, 5.41) is 33.6. The van der Waals surface area contributed by atoms with E-state index in [0.717, 1.165) is 42.6 Å². The van der Waals surface area contributed by atoms with Crippen LogP contribution in [0.4, 0.5) is 0 Å². The molecule has 1 aromatic rings. The number of nitrogens with one attached hydrogen (secondary N) is 1. The average Bonchev–Trinajstić information content (AvgIpc) is 2.68. The van der Waals surface area contributed by atoms with E-state index < -0.39 is 18.3 Å². The molecule has 3 rings (SSSR count). The number of aromatic hydroxyl groups is 1. The highest BCUT2D eigenvalue weighted by atomic mass is 16.6. The van der Waals surface area contributed by atoms with Gasteiger partial charge in [0.05, 0.1) is 18.8 Å². The van der Waals surface area contributed by atoms with E-state index in [0.29, 0.717) is 18.3 Å². The van der Waals surface area contributed by atoms with Gasteiger partial charge < -0.3 is 29.5 Å². The number of aliphatic hydroxyl groups excluding tert-OH is 2. The smallest absolute Gasteiger partial charge is 0.214 e. The number of rotatable bonds is 8. The number of aryl methyl sites for hydroxylation is 1. The quantitative estimate of drug-likeness (QED) is 0.448. The minimum absolute atomic E-state index is 0.0697. The Morgan fingerprint density at radius 2 is 1.94 bits per heavy atom. The molecule has 0 amide bonds. The van der Waals surface area contributed by atoms with Gasteiger partial charge >= 0.3 is 0 Å². The predicted octanol–water partition coefficient (Wildman–Crippen LogP) is 3.64. The summed E-state index contributed by atoms with van der Waals surface area (Å²) in [4.78, 5) is 0. The molecule has 1 aromatic carbocycles. The fourth-order valence-electron chi connectivity index (χ4n) is 5.13. The Bertz CT molecular complexity index is 774. The van der Waals surface area contributed by atoms with Crippen LogP contribution < -0.4 is 10.1 Å². The highest BCUT2D eigenvalue weighted by Crippen LogP contribution is 2.55. The molecule has 1 heterocycles. The van der Waals surface area contributed by atoms with Gasteiger partial charge in [0.15, 0.2) is 6.29 Å². The third kappa shape index (κ3) is 6.14. The molecule has 2 aliphatic rings. The number of phenolic OH excluding ortho intramolecular Hbond substituents is 1. The standard InChI is InChI=1S/C25H41NO6/c1-7-15-11-19(27)22-17-10-16(8-9-18(17)25(5,6)31-20(22)12-15)14-30-21(28)13-26-23(29)32-24(2,3)4/h11-12,16-18,21,23,26-29H,7-10,13-14H2,1-6H3. The molecule has 32 heavy (non-hydrogen) atoms. The van der Waals surface area contributed by atoms with Crippen LogP contribution in [0.25, 0.3) is 0 Å². The number of hydrogen-bond donors (Lipinski definition) is 4. The van der Waals surface area contributed by atoms with Crippen LogP contribution in [-0.4, -0.2) is 52.4 Å². The Labute approximate surface area is 192 Å². The average molecular weight is 452 g/mol. The first-order chi connectivity index (χ1) is 14.9. The van der Waals surface area contributed by atoms with Crippen LogP contribution in [0.3, 0.4) is 0 Å². The Morgan fingerprint density at radius 1 is 1.22 bits per heavy atom. The van der Waals surface area contributed by atoms with E-state index in [-0.39, 0.29) is 24.0 Å². The summed E-state index contributed by atoms with van der Waals surface area (Å²) in [5.41, 5.74) is 1.20. The summed E-state index contributed by atoms with van der Waals surface area (Å²) in [6.07, 6.45) is 1.47. The highest BCUT2D eigenvalue weighted by Gasteiger charge is 2.47. The van der Waals surface area contributed by atoms with Gasteiger partial charge in [-0.1, -0.05) is 6.92 Å². The molecule has 1 saturated carbocycles. The third-order valence-electron chi connectivity index (χ3n) is 6.64. The van der Waals surface area contributed by atoms with Crippen molar-refractivity contribution in [1.82, 2.24) is 5.32 Å². The minimum Gasteiger partial charge on any atom is -0.508 e. The monoisotopic (exact) mass is 451 g/mol. The molecule has 0 saturated heterocycles. The number of phenols is 1. The third-order valence-corrected chi connectivity index (χ3v) is 6.64. The molecular weight excluding hydrogens is 410 g/mol. The SMILES string of the molecule is CCc1cc(O)c2c(c1)OC(C)(C)C1CCC(COC(O)CNC(O)OC(C)(C)C)CC21. The van der Waals surface area contributed by atoms with Crippen LogP contribution in [0.5, 0.6) is 11.5 Å². The summed E-state index contributed by atoms with van der Waals surface area (Å²) in [7, 11) is 0. The largest absolute Gasteiger partial charge is 0.508 e. The lowest BCUT2D eigenvalue weighted by molar-refractivity contribution is -0.193. The van der Waals surface area contributed by atoms with Gasteiger partial charge in [-0.3, -0.25) is 5.32 Å². The number of aliphatic hydroxyl groups is 2. The van der Waals surface area contributed by atoms with Gasteiger partial charge in [-0.2, -0.15) is 0 Å². The van der Waals surface area contributed by atoms with Crippen LogP contribution in [0, 0.1) is 11.8 Å². The molecule has 1 aliphatic heterocycles. The zero-order valence-corrected chi connectivity index (χ0v) is 20.4. The first kappa shape index (κ1) is 25.2. The fourth-order valence-corrected chi connectivity index (χ4v) is 5.13. The van der Waals surface area contributed by atoms with Gasteiger partial charge in [-0.05, 0) is 89.8 Å².